The Morgan fingerprint density at radius 3 is 2.96 bits per heavy atom. The highest BCUT2D eigenvalue weighted by Crippen LogP contribution is 2.46. The third kappa shape index (κ3) is 2.27. The third-order valence-corrected chi connectivity index (χ3v) is 4.77. The standard InChI is InChI=1S/C14H15ClF2N6/c1-2-9-12-21-19-7-22(12)10-6-18-13(15)20-11(10)23(9)8-3-4-14(16,17)5-8/h6-9H,2-5H2,1H3/t8-,9-/m1/s1. The molecule has 1 aliphatic carbocycles. The van der Waals surface area contributed by atoms with E-state index in [1.54, 1.807) is 12.5 Å². The Balaban J connectivity index is 1.86. The zero-order valence-electron chi connectivity index (χ0n) is 12.5. The summed E-state index contributed by atoms with van der Waals surface area (Å²) in [5.74, 6) is -1.33. The highest BCUT2D eigenvalue weighted by molar-refractivity contribution is 6.28. The van der Waals surface area contributed by atoms with Crippen molar-refractivity contribution in [3.8, 4) is 5.69 Å². The van der Waals surface area contributed by atoms with E-state index in [9.17, 15) is 8.78 Å². The molecule has 1 saturated carbocycles. The van der Waals surface area contributed by atoms with E-state index in [0.717, 1.165) is 5.82 Å². The molecule has 0 saturated heterocycles. The fourth-order valence-corrected chi connectivity index (χ4v) is 3.73. The number of fused-ring (bicyclic) bond motifs is 3. The van der Waals surface area contributed by atoms with E-state index < -0.39 is 5.92 Å². The molecule has 0 unspecified atom stereocenters. The first-order valence-electron chi connectivity index (χ1n) is 7.59. The molecule has 23 heavy (non-hydrogen) atoms. The van der Waals surface area contributed by atoms with Crippen molar-refractivity contribution in [2.45, 2.75) is 50.6 Å². The van der Waals surface area contributed by atoms with Gasteiger partial charge in [-0.2, -0.15) is 4.98 Å². The molecular formula is C14H15ClF2N6. The lowest BCUT2D eigenvalue weighted by Crippen LogP contribution is -2.42. The van der Waals surface area contributed by atoms with Gasteiger partial charge in [0.05, 0.1) is 12.2 Å². The lowest BCUT2D eigenvalue weighted by molar-refractivity contribution is 0.00746. The van der Waals surface area contributed by atoms with Gasteiger partial charge >= 0.3 is 0 Å². The number of anilines is 1. The van der Waals surface area contributed by atoms with Crippen LogP contribution in [-0.4, -0.2) is 36.7 Å². The van der Waals surface area contributed by atoms with Crippen LogP contribution in [0.4, 0.5) is 14.6 Å². The second-order valence-electron chi connectivity index (χ2n) is 5.99. The van der Waals surface area contributed by atoms with E-state index >= 15 is 0 Å². The molecule has 1 fully saturated rings. The Bertz CT molecular complexity index is 749. The molecule has 0 aromatic carbocycles. The Morgan fingerprint density at radius 2 is 2.26 bits per heavy atom. The number of halogens is 3. The van der Waals surface area contributed by atoms with E-state index in [4.69, 9.17) is 11.6 Å². The number of hydrogen-bond acceptors (Lipinski definition) is 5. The van der Waals surface area contributed by atoms with Crippen LogP contribution >= 0.6 is 11.6 Å². The van der Waals surface area contributed by atoms with Gasteiger partial charge in [0.15, 0.2) is 11.6 Å². The van der Waals surface area contributed by atoms with Crippen molar-refractivity contribution in [2.75, 3.05) is 4.90 Å². The van der Waals surface area contributed by atoms with E-state index in [-0.39, 0.29) is 30.2 Å². The SMILES string of the molecule is CC[C@@H]1c2nncn2-c2cnc(Cl)nc2N1[C@@H]1CCC(F)(F)C1. The molecule has 2 atom stereocenters. The van der Waals surface area contributed by atoms with Crippen LogP contribution < -0.4 is 4.90 Å². The summed E-state index contributed by atoms with van der Waals surface area (Å²) < 4.78 is 29.3. The van der Waals surface area contributed by atoms with Gasteiger partial charge in [0.2, 0.25) is 11.2 Å². The molecule has 0 spiro atoms. The third-order valence-electron chi connectivity index (χ3n) is 4.59. The maximum atomic E-state index is 13.8. The van der Waals surface area contributed by atoms with Crippen LogP contribution in [-0.2, 0) is 0 Å². The van der Waals surface area contributed by atoms with Crippen molar-refractivity contribution >= 4 is 17.4 Å². The minimum atomic E-state index is -2.63. The number of alkyl halides is 2. The minimum Gasteiger partial charge on any atom is -0.341 e. The Labute approximate surface area is 136 Å². The summed E-state index contributed by atoms with van der Waals surface area (Å²) in [5, 5.41) is 8.25. The van der Waals surface area contributed by atoms with Crippen LogP contribution in [0.2, 0.25) is 5.28 Å². The smallest absolute Gasteiger partial charge is 0.250 e. The topological polar surface area (TPSA) is 59.7 Å². The summed E-state index contributed by atoms with van der Waals surface area (Å²) in [5.41, 5.74) is 0.675. The van der Waals surface area contributed by atoms with E-state index in [0.29, 0.717) is 24.3 Å². The Kier molecular flexibility index (Phi) is 3.26. The first-order chi connectivity index (χ1) is 11.0. The summed E-state index contributed by atoms with van der Waals surface area (Å²) in [6.45, 7) is 2.00. The fraction of sp³-hybridized carbons (Fsp3) is 0.571. The summed E-state index contributed by atoms with van der Waals surface area (Å²) in [6, 6.07) is -0.458. The van der Waals surface area contributed by atoms with Crippen LogP contribution in [0.5, 0.6) is 0 Å². The van der Waals surface area contributed by atoms with Crippen LogP contribution in [0.3, 0.4) is 0 Å². The zero-order valence-corrected chi connectivity index (χ0v) is 13.2. The molecule has 9 heteroatoms. The van der Waals surface area contributed by atoms with Crippen molar-refractivity contribution in [3.63, 3.8) is 0 Å². The van der Waals surface area contributed by atoms with Gasteiger partial charge < -0.3 is 4.90 Å². The van der Waals surface area contributed by atoms with Gasteiger partial charge in [0.1, 0.15) is 12.0 Å². The van der Waals surface area contributed by atoms with Gasteiger partial charge in [-0.25, -0.2) is 13.8 Å². The second kappa shape index (κ2) is 5.09. The van der Waals surface area contributed by atoms with Gasteiger partial charge in [0, 0.05) is 18.9 Å². The monoisotopic (exact) mass is 340 g/mol. The van der Waals surface area contributed by atoms with Gasteiger partial charge in [-0.05, 0) is 24.4 Å². The highest BCUT2D eigenvalue weighted by Gasteiger charge is 2.46. The van der Waals surface area contributed by atoms with Crippen molar-refractivity contribution < 1.29 is 8.78 Å². The molecule has 0 bridgehead atoms. The fourth-order valence-electron chi connectivity index (χ4n) is 3.61. The average Bonchev–Trinajstić information content (AvgIpc) is 3.11. The van der Waals surface area contributed by atoms with Gasteiger partial charge in [0.25, 0.3) is 0 Å². The summed E-state index contributed by atoms with van der Waals surface area (Å²) in [4.78, 5) is 10.3. The Morgan fingerprint density at radius 1 is 1.43 bits per heavy atom. The number of aromatic nitrogens is 5. The molecule has 2 aromatic rings. The van der Waals surface area contributed by atoms with Crippen molar-refractivity contribution in [1.82, 2.24) is 24.7 Å². The lowest BCUT2D eigenvalue weighted by Gasteiger charge is -2.40. The molecule has 3 heterocycles. The maximum Gasteiger partial charge on any atom is 0.250 e. The molecule has 0 N–H and O–H groups in total. The predicted molar refractivity (Wildman–Crippen MR) is 80.1 cm³/mol. The molecule has 2 aliphatic rings. The summed E-state index contributed by atoms with van der Waals surface area (Å²) in [6.07, 6.45) is 4.02. The number of nitrogens with zero attached hydrogens (tertiary/aromatic N) is 6. The lowest BCUT2D eigenvalue weighted by atomic mass is 10.0. The quantitative estimate of drug-likeness (QED) is 0.786. The molecule has 4 rings (SSSR count). The number of rotatable bonds is 2. The molecule has 0 radical (unpaired) electrons. The molecule has 0 amide bonds. The number of hydrogen-bond donors (Lipinski definition) is 0. The first-order valence-corrected chi connectivity index (χ1v) is 7.97. The van der Waals surface area contributed by atoms with Crippen LogP contribution in [0, 0.1) is 0 Å². The van der Waals surface area contributed by atoms with Crippen molar-refractivity contribution in [3.05, 3.63) is 23.6 Å². The van der Waals surface area contributed by atoms with Gasteiger partial charge in [-0.15, -0.1) is 10.2 Å². The molecule has 1 aliphatic heterocycles. The van der Waals surface area contributed by atoms with E-state index in [2.05, 4.69) is 20.2 Å². The predicted octanol–water partition coefficient (Wildman–Crippen LogP) is 3.17. The zero-order chi connectivity index (χ0) is 16.2. The van der Waals surface area contributed by atoms with Crippen molar-refractivity contribution in [2.24, 2.45) is 0 Å². The first kappa shape index (κ1) is 14.7. The Hall–Kier alpha value is -1.83. The molecular weight excluding hydrogens is 326 g/mol. The van der Waals surface area contributed by atoms with Gasteiger partial charge in [-0.1, -0.05) is 6.92 Å². The van der Waals surface area contributed by atoms with E-state index in [1.807, 2.05) is 16.4 Å². The summed E-state index contributed by atoms with van der Waals surface area (Å²) >= 11 is 5.96. The molecule has 6 nitrogen and oxygen atoms in total. The second-order valence-corrected chi connectivity index (χ2v) is 6.33. The van der Waals surface area contributed by atoms with Crippen LogP contribution in [0.15, 0.2) is 12.5 Å². The highest BCUT2D eigenvalue weighted by atomic mass is 35.5. The van der Waals surface area contributed by atoms with Crippen LogP contribution in [0.1, 0.15) is 44.5 Å². The summed E-state index contributed by atoms with van der Waals surface area (Å²) in [7, 11) is 0. The van der Waals surface area contributed by atoms with Crippen LogP contribution in [0.25, 0.3) is 5.69 Å². The average molecular weight is 341 g/mol. The van der Waals surface area contributed by atoms with E-state index in [1.165, 1.54) is 0 Å². The van der Waals surface area contributed by atoms with Gasteiger partial charge in [-0.3, -0.25) is 4.57 Å². The normalized spacial score (nSPS) is 25.3. The molecule has 122 valence electrons. The van der Waals surface area contributed by atoms with Crippen molar-refractivity contribution in [1.29, 1.82) is 0 Å². The maximum absolute atomic E-state index is 13.8. The molecule has 2 aromatic heterocycles. The minimum absolute atomic E-state index is 0.102. The largest absolute Gasteiger partial charge is 0.341 e.